The first-order chi connectivity index (χ1) is 11.1. The van der Waals surface area contributed by atoms with E-state index in [0.29, 0.717) is 5.82 Å². The third kappa shape index (κ3) is 3.91. The van der Waals surface area contributed by atoms with Crippen molar-refractivity contribution >= 4 is 45.2 Å². The Hall–Kier alpha value is -2.32. The first-order valence-electron chi connectivity index (χ1n) is 6.70. The fourth-order valence-electron chi connectivity index (χ4n) is 1.86. The highest BCUT2D eigenvalue weighted by molar-refractivity contribution is 9.10. The maximum Gasteiger partial charge on any atom is 0.250 e. The van der Waals surface area contributed by atoms with Crippen molar-refractivity contribution in [2.75, 3.05) is 5.32 Å². The van der Waals surface area contributed by atoms with Crippen LogP contribution >= 0.6 is 27.3 Å². The molecule has 0 bridgehead atoms. The van der Waals surface area contributed by atoms with Crippen molar-refractivity contribution < 1.29 is 4.79 Å². The molecule has 1 amide bonds. The lowest BCUT2D eigenvalue weighted by molar-refractivity contribution is -0.111. The molecule has 0 radical (unpaired) electrons. The maximum absolute atomic E-state index is 11.9. The van der Waals surface area contributed by atoms with Gasteiger partial charge in [0, 0.05) is 21.5 Å². The molecule has 2 aromatic heterocycles. The lowest BCUT2D eigenvalue weighted by Crippen LogP contribution is -2.09. The number of thiazole rings is 1. The molecular weight excluding hydrogens is 378 g/mol. The van der Waals surface area contributed by atoms with E-state index in [1.54, 1.807) is 6.08 Å². The number of nitrogens with zero attached hydrogens (tertiary/aromatic N) is 3. The van der Waals surface area contributed by atoms with Gasteiger partial charge in [-0.15, -0.1) is 16.4 Å². The van der Waals surface area contributed by atoms with Crippen molar-refractivity contribution in [3.8, 4) is 11.4 Å². The SMILES string of the molecule is Cc1nc(/C=C/C(=O)Nc2n[nH]c(-c3ccccc3Br)n2)cs1. The van der Waals surface area contributed by atoms with Gasteiger partial charge >= 0.3 is 0 Å². The van der Waals surface area contributed by atoms with E-state index in [1.807, 2.05) is 36.6 Å². The zero-order chi connectivity index (χ0) is 16.2. The van der Waals surface area contributed by atoms with Crippen LogP contribution in [0.3, 0.4) is 0 Å². The second-order valence-corrected chi connectivity index (χ2v) is 6.52. The van der Waals surface area contributed by atoms with Crippen LogP contribution < -0.4 is 5.32 Å². The van der Waals surface area contributed by atoms with E-state index in [0.717, 1.165) is 20.7 Å². The van der Waals surface area contributed by atoms with Crippen LogP contribution in [0.1, 0.15) is 10.7 Å². The summed E-state index contributed by atoms with van der Waals surface area (Å²) >= 11 is 4.99. The number of H-pyrrole nitrogens is 1. The van der Waals surface area contributed by atoms with Crippen LogP contribution in [0.25, 0.3) is 17.5 Å². The predicted octanol–water partition coefficient (Wildman–Crippen LogP) is 3.65. The van der Waals surface area contributed by atoms with Crippen molar-refractivity contribution in [1.29, 1.82) is 0 Å². The molecule has 8 heteroatoms. The van der Waals surface area contributed by atoms with Crippen molar-refractivity contribution in [3.05, 3.63) is 50.9 Å². The second kappa shape index (κ2) is 6.84. The van der Waals surface area contributed by atoms with Crippen molar-refractivity contribution in [1.82, 2.24) is 20.2 Å². The topological polar surface area (TPSA) is 83.6 Å². The molecule has 0 fully saturated rings. The largest absolute Gasteiger partial charge is 0.290 e. The summed E-state index contributed by atoms with van der Waals surface area (Å²) in [6.07, 6.45) is 3.06. The number of anilines is 1. The molecule has 0 atom stereocenters. The van der Waals surface area contributed by atoms with Gasteiger partial charge in [-0.05, 0) is 19.1 Å². The summed E-state index contributed by atoms with van der Waals surface area (Å²) in [5.41, 5.74) is 1.63. The van der Waals surface area contributed by atoms with E-state index < -0.39 is 0 Å². The molecule has 6 nitrogen and oxygen atoms in total. The van der Waals surface area contributed by atoms with Crippen molar-refractivity contribution in [3.63, 3.8) is 0 Å². The van der Waals surface area contributed by atoms with Crippen LogP contribution in [0, 0.1) is 6.92 Å². The Morgan fingerprint density at radius 2 is 2.17 bits per heavy atom. The summed E-state index contributed by atoms with van der Waals surface area (Å²) in [5, 5.41) is 12.3. The number of hydrogen-bond acceptors (Lipinski definition) is 5. The zero-order valence-electron chi connectivity index (χ0n) is 12.1. The highest BCUT2D eigenvalue weighted by Gasteiger charge is 2.09. The zero-order valence-corrected chi connectivity index (χ0v) is 14.5. The summed E-state index contributed by atoms with van der Waals surface area (Å²) in [7, 11) is 0. The molecule has 116 valence electrons. The number of amides is 1. The van der Waals surface area contributed by atoms with Gasteiger partial charge < -0.3 is 0 Å². The van der Waals surface area contributed by atoms with Crippen LogP contribution in [-0.4, -0.2) is 26.1 Å². The summed E-state index contributed by atoms with van der Waals surface area (Å²) in [4.78, 5) is 20.4. The van der Waals surface area contributed by atoms with E-state index in [-0.39, 0.29) is 11.9 Å². The molecule has 1 aromatic carbocycles. The van der Waals surface area contributed by atoms with Gasteiger partial charge in [0.05, 0.1) is 10.7 Å². The normalized spacial score (nSPS) is 11.0. The number of aryl methyl sites for hydroxylation is 1. The number of hydrogen-bond donors (Lipinski definition) is 2. The molecule has 3 aromatic rings. The van der Waals surface area contributed by atoms with Crippen LogP contribution in [0.5, 0.6) is 0 Å². The molecule has 23 heavy (non-hydrogen) atoms. The summed E-state index contributed by atoms with van der Waals surface area (Å²) in [6, 6.07) is 7.63. The van der Waals surface area contributed by atoms with Gasteiger partial charge in [0.15, 0.2) is 5.82 Å². The van der Waals surface area contributed by atoms with E-state index in [2.05, 4.69) is 41.4 Å². The first kappa shape index (κ1) is 15.6. The van der Waals surface area contributed by atoms with E-state index in [1.165, 1.54) is 17.4 Å². The Morgan fingerprint density at radius 1 is 1.35 bits per heavy atom. The minimum absolute atomic E-state index is 0.222. The number of aromatic amines is 1. The lowest BCUT2D eigenvalue weighted by Gasteiger charge is -1.98. The number of carbonyl (C=O) groups is 1. The Kier molecular flexibility index (Phi) is 4.63. The highest BCUT2D eigenvalue weighted by atomic mass is 79.9. The minimum atomic E-state index is -0.312. The van der Waals surface area contributed by atoms with E-state index >= 15 is 0 Å². The third-order valence-electron chi connectivity index (χ3n) is 2.89. The Labute approximate surface area is 144 Å². The van der Waals surface area contributed by atoms with Gasteiger partial charge in [-0.2, -0.15) is 4.98 Å². The molecule has 2 N–H and O–H groups in total. The summed E-state index contributed by atoms with van der Waals surface area (Å²) < 4.78 is 0.896. The molecule has 0 aliphatic carbocycles. The lowest BCUT2D eigenvalue weighted by atomic mass is 10.2. The van der Waals surface area contributed by atoms with Gasteiger partial charge in [-0.3, -0.25) is 15.2 Å². The second-order valence-electron chi connectivity index (χ2n) is 4.60. The number of carbonyl (C=O) groups excluding carboxylic acids is 1. The van der Waals surface area contributed by atoms with Crippen LogP contribution in [0.4, 0.5) is 5.95 Å². The number of rotatable bonds is 4. The monoisotopic (exact) mass is 389 g/mol. The minimum Gasteiger partial charge on any atom is -0.290 e. The molecule has 0 aliphatic rings. The average Bonchev–Trinajstić information content (AvgIpc) is 3.15. The first-order valence-corrected chi connectivity index (χ1v) is 8.37. The van der Waals surface area contributed by atoms with Crippen LogP contribution in [0.2, 0.25) is 0 Å². The van der Waals surface area contributed by atoms with Gasteiger partial charge in [0.25, 0.3) is 5.91 Å². The summed E-state index contributed by atoms with van der Waals surface area (Å²) in [6.45, 7) is 1.92. The molecule has 0 unspecified atom stereocenters. The molecule has 0 saturated heterocycles. The van der Waals surface area contributed by atoms with E-state index in [4.69, 9.17) is 0 Å². The van der Waals surface area contributed by atoms with Gasteiger partial charge in [0.2, 0.25) is 5.95 Å². The predicted molar refractivity (Wildman–Crippen MR) is 94.0 cm³/mol. The number of nitrogens with one attached hydrogen (secondary N) is 2. The molecule has 3 rings (SSSR count). The van der Waals surface area contributed by atoms with E-state index in [9.17, 15) is 4.79 Å². The molecular formula is C15H12BrN5OS. The average molecular weight is 390 g/mol. The smallest absolute Gasteiger partial charge is 0.250 e. The number of halogens is 1. The molecule has 2 heterocycles. The number of benzene rings is 1. The standard InChI is InChI=1S/C15H12BrN5OS/c1-9-17-10(8-23-9)6-7-13(22)18-15-19-14(20-21-15)11-4-2-3-5-12(11)16/h2-8H,1H3,(H2,18,19,20,21,22)/b7-6+. The fourth-order valence-corrected chi connectivity index (χ4v) is 2.91. The summed E-state index contributed by atoms with van der Waals surface area (Å²) in [5.74, 6) is 0.486. The van der Waals surface area contributed by atoms with Gasteiger partial charge in [-0.1, -0.05) is 34.1 Å². The third-order valence-corrected chi connectivity index (χ3v) is 4.37. The van der Waals surface area contributed by atoms with Gasteiger partial charge in [-0.25, -0.2) is 4.98 Å². The molecule has 0 spiro atoms. The Balaban J connectivity index is 1.68. The molecule has 0 aliphatic heterocycles. The van der Waals surface area contributed by atoms with Gasteiger partial charge in [0.1, 0.15) is 0 Å². The number of aromatic nitrogens is 4. The molecule has 0 saturated carbocycles. The Morgan fingerprint density at radius 3 is 2.91 bits per heavy atom. The van der Waals surface area contributed by atoms with Crippen molar-refractivity contribution in [2.24, 2.45) is 0 Å². The highest BCUT2D eigenvalue weighted by Crippen LogP contribution is 2.25. The van der Waals surface area contributed by atoms with Crippen molar-refractivity contribution in [2.45, 2.75) is 6.92 Å². The quantitative estimate of drug-likeness (QED) is 0.666. The van der Waals surface area contributed by atoms with Crippen LogP contribution in [0.15, 0.2) is 40.2 Å². The fraction of sp³-hybridized carbons (Fsp3) is 0.0667. The maximum atomic E-state index is 11.9. The van der Waals surface area contributed by atoms with Crippen LogP contribution in [-0.2, 0) is 4.79 Å². The Bertz CT molecular complexity index is 870.